The van der Waals surface area contributed by atoms with Gasteiger partial charge in [0.05, 0.1) is 17.9 Å². The minimum atomic E-state index is -0.110. The average Bonchev–Trinajstić information content (AvgIpc) is 3.20. The number of ether oxygens (including phenoxy) is 3. The van der Waals surface area contributed by atoms with Crippen molar-refractivity contribution in [1.82, 2.24) is 9.80 Å². The number of anilines is 1. The summed E-state index contributed by atoms with van der Waals surface area (Å²) in [5.41, 5.74) is 9.48. The van der Waals surface area contributed by atoms with E-state index in [1.807, 2.05) is 24.3 Å². The molecule has 0 fully saturated rings. The molecule has 2 aromatic rings. The third-order valence-corrected chi connectivity index (χ3v) is 6.92. The predicted molar refractivity (Wildman–Crippen MR) is 147 cm³/mol. The summed E-state index contributed by atoms with van der Waals surface area (Å²) in [5, 5.41) is 0. The summed E-state index contributed by atoms with van der Waals surface area (Å²) in [4.78, 5) is 18.2. The van der Waals surface area contributed by atoms with Crippen molar-refractivity contribution in [3.8, 4) is 28.4 Å². The lowest BCUT2D eigenvalue weighted by Crippen LogP contribution is -2.28. The first-order chi connectivity index (χ1) is 17.5. The van der Waals surface area contributed by atoms with Gasteiger partial charge in [-0.1, -0.05) is 53.2 Å². The van der Waals surface area contributed by atoms with E-state index in [0.717, 1.165) is 63.2 Å². The summed E-state index contributed by atoms with van der Waals surface area (Å²) in [6, 6.07) is 7.47. The molecule has 1 aliphatic carbocycles. The van der Waals surface area contributed by atoms with Gasteiger partial charge in [0.25, 0.3) is 0 Å². The number of likely N-dealkylation sites (N-methyl/N-ethyl adjacent to an activating group) is 2. The van der Waals surface area contributed by atoms with Gasteiger partial charge >= 0.3 is 0 Å². The molecule has 0 bridgehead atoms. The van der Waals surface area contributed by atoms with Crippen LogP contribution in [0, 0.1) is 0 Å². The second-order valence-electron chi connectivity index (χ2n) is 9.00. The van der Waals surface area contributed by atoms with E-state index < -0.39 is 0 Å². The van der Waals surface area contributed by atoms with Gasteiger partial charge in [-0.05, 0) is 38.7 Å². The Morgan fingerprint density at radius 3 is 1.89 bits per heavy atom. The van der Waals surface area contributed by atoms with Crippen LogP contribution in [0.25, 0.3) is 11.1 Å². The number of hydrogen-bond donors (Lipinski definition) is 1. The molecule has 0 saturated carbocycles. The molecule has 2 N–H and O–H groups in total. The van der Waals surface area contributed by atoms with Crippen molar-refractivity contribution in [1.29, 1.82) is 0 Å². The highest BCUT2D eigenvalue weighted by Gasteiger charge is 2.36. The van der Waals surface area contributed by atoms with Crippen LogP contribution >= 0.6 is 0 Å². The number of nitrogens with zero attached hydrogens (tertiary/aromatic N) is 2. The van der Waals surface area contributed by atoms with Crippen LogP contribution in [-0.4, -0.2) is 74.7 Å². The number of rotatable bonds is 16. The largest absolute Gasteiger partial charge is 0.493 e. The van der Waals surface area contributed by atoms with E-state index in [-0.39, 0.29) is 5.78 Å². The topological polar surface area (TPSA) is 77.3 Å². The lowest BCUT2D eigenvalue weighted by molar-refractivity contribution is 0.104. The van der Waals surface area contributed by atoms with Crippen molar-refractivity contribution in [3.05, 3.63) is 35.4 Å². The van der Waals surface area contributed by atoms with Gasteiger partial charge in [-0.25, -0.2) is 0 Å². The Hall–Kier alpha value is -2.77. The third-order valence-electron chi connectivity index (χ3n) is 6.92. The molecule has 0 spiro atoms. The standard InChI is InChI=1S/C29H43N3O4/c1-6-11-17-34-23-20-24(36-19-16-32(9-4)10-5)28(30)27-26(23)25-21(29(27)33)13-12-14-22(25)35-18-15-31(7-2)8-3/h12-14,20H,6-11,15-19,30H2,1-5H3. The van der Waals surface area contributed by atoms with Crippen molar-refractivity contribution in [2.45, 2.75) is 47.5 Å². The smallest absolute Gasteiger partial charge is 0.196 e. The summed E-state index contributed by atoms with van der Waals surface area (Å²) >= 11 is 0. The molecular weight excluding hydrogens is 454 g/mol. The van der Waals surface area contributed by atoms with Gasteiger partial charge in [0.1, 0.15) is 30.5 Å². The lowest BCUT2D eigenvalue weighted by Gasteiger charge is -2.21. The van der Waals surface area contributed by atoms with Crippen molar-refractivity contribution in [2.24, 2.45) is 0 Å². The fourth-order valence-corrected chi connectivity index (χ4v) is 4.58. The Morgan fingerprint density at radius 2 is 1.31 bits per heavy atom. The van der Waals surface area contributed by atoms with Crippen LogP contribution < -0.4 is 19.9 Å². The Morgan fingerprint density at radius 1 is 0.722 bits per heavy atom. The minimum Gasteiger partial charge on any atom is -0.493 e. The first-order valence-electron chi connectivity index (χ1n) is 13.5. The second kappa shape index (κ2) is 13.5. The van der Waals surface area contributed by atoms with E-state index in [2.05, 4.69) is 44.4 Å². The molecular formula is C29H43N3O4. The number of nitrogen functional groups attached to an aromatic ring is 1. The molecule has 0 atom stereocenters. The Balaban J connectivity index is 1.97. The second-order valence-corrected chi connectivity index (χ2v) is 9.00. The Bertz CT molecular complexity index is 1020. The quantitative estimate of drug-likeness (QED) is 0.218. The van der Waals surface area contributed by atoms with Gasteiger partial charge in [0.2, 0.25) is 0 Å². The number of hydrogen-bond acceptors (Lipinski definition) is 7. The molecule has 0 aromatic heterocycles. The average molecular weight is 498 g/mol. The monoisotopic (exact) mass is 497 g/mol. The summed E-state index contributed by atoms with van der Waals surface area (Å²) < 4.78 is 18.6. The number of unbranched alkanes of at least 4 members (excludes halogenated alkanes) is 1. The fraction of sp³-hybridized carbons (Fsp3) is 0.552. The zero-order valence-corrected chi connectivity index (χ0v) is 22.7. The number of fused-ring (bicyclic) bond motifs is 3. The van der Waals surface area contributed by atoms with E-state index in [1.165, 1.54) is 0 Å². The van der Waals surface area contributed by atoms with Crippen LogP contribution in [0.3, 0.4) is 0 Å². The normalized spacial score (nSPS) is 12.2. The Labute approximate surface area is 216 Å². The van der Waals surface area contributed by atoms with Crippen LogP contribution in [0.1, 0.15) is 63.4 Å². The van der Waals surface area contributed by atoms with Gasteiger partial charge < -0.3 is 29.7 Å². The van der Waals surface area contributed by atoms with Crippen molar-refractivity contribution in [2.75, 3.05) is 64.8 Å². The summed E-state index contributed by atoms with van der Waals surface area (Å²) in [6.45, 7) is 17.7. The molecule has 3 rings (SSSR count). The highest BCUT2D eigenvalue weighted by molar-refractivity contribution is 6.26. The highest BCUT2D eigenvalue weighted by Crippen LogP contribution is 2.52. The van der Waals surface area contributed by atoms with Gasteiger partial charge in [-0.15, -0.1) is 0 Å². The Kier molecular flexibility index (Phi) is 10.4. The maximum Gasteiger partial charge on any atom is 0.196 e. The molecule has 0 heterocycles. The molecule has 36 heavy (non-hydrogen) atoms. The number of carbonyl (C=O) groups is 1. The molecule has 0 saturated heterocycles. The molecule has 0 amide bonds. The zero-order valence-electron chi connectivity index (χ0n) is 22.7. The summed E-state index contributed by atoms with van der Waals surface area (Å²) in [6.07, 6.45) is 1.93. The fourth-order valence-electron chi connectivity index (χ4n) is 4.58. The van der Waals surface area contributed by atoms with Crippen molar-refractivity contribution in [3.63, 3.8) is 0 Å². The number of carbonyl (C=O) groups excluding carboxylic acids is 1. The summed E-state index contributed by atoms with van der Waals surface area (Å²) in [7, 11) is 0. The summed E-state index contributed by atoms with van der Waals surface area (Å²) in [5.74, 6) is 1.69. The van der Waals surface area contributed by atoms with Crippen molar-refractivity contribution < 1.29 is 19.0 Å². The van der Waals surface area contributed by atoms with Crippen molar-refractivity contribution >= 4 is 11.5 Å². The third kappa shape index (κ3) is 6.13. The molecule has 0 aliphatic heterocycles. The number of benzene rings is 2. The van der Waals surface area contributed by atoms with Crippen LogP contribution in [0.4, 0.5) is 5.69 Å². The van der Waals surface area contributed by atoms with E-state index in [9.17, 15) is 4.79 Å². The van der Waals surface area contributed by atoms with Gasteiger partial charge in [0, 0.05) is 35.8 Å². The van der Waals surface area contributed by atoms with Gasteiger partial charge in [-0.2, -0.15) is 0 Å². The van der Waals surface area contributed by atoms with E-state index >= 15 is 0 Å². The van der Waals surface area contributed by atoms with Crippen LogP contribution in [0.5, 0.6) is 17.2 Å². The minimum absolute atomic E-state index is 0.110. The number of nitrogens with two attached hydrogens (primary N) is 1. The van der Waals surface area contributed by atoms with E-state index in [0.29, 0.717) is 53.9 Å². The lowest BCUT2D eigenvalue weighted by atomic mass is 10.0. The molecule has 0 radical (unpaired) electrons. The van der Waals surface area contributed by atoms with Gasteiger partial charge in [0.15, 0.2) is 5.78 Å². The first-order valence-corrected chi connectivity index (χ1v) is 13.5. The molecule has 1 aliphatic rings. The molecule has 0 unspecified atom stereocenters. The SMILES string of the molecule is CCCCOc1cc(OCCN(CC)CC)c(N)c2c1-c1c(OCCN(CC)CC)cccc1C2=O. The number of ketones is 1. The maximum absolute atomic E-state index is 13.6. The molecule has 198 valence electrons. The highest BCUT2D eigenvalue weighted by atomic mass is 16.5. The van der Waals surface area contributed by atoms with Gasteiger partial charge in [-0.3, -0.25) is 4.79 Å². The molecule has 2 aromatic carbocycles. The van der Waals surface area contributed by atoms with Crippen LogP contribution in [0.2, 0.25) is 0 Å². The van der Waals surface area contributed by atoms with Crippen LogP contribution in [-0.2, 0) is 0 Å². The predicted octanol–water partition coefficient (Wildman–Crippen LogP) is 5.10. The van der Waals surface area contributed by atoms with Crippen LogP contribution in [0.15, 0.2) is 24.3 Å². The maximum atomic E-state index is 13.6. The first kappa shape index (κ1) is 27.8. The zero-order chi connectivity index (χ0) is 26.1. The molecule has 7 heteroatoms. The van der Waals surface area contributed by atoms with E-state index in [1.54, 1.807) is 0 Å². The van der Waals surface area contributed by atoms with E-state index in [4.69, 9.17) is 19.9 Å². The molecule has 7 nitrogen and oxygen atoms in total.